The fraction of sp³-hybridized carbons (Fsp3) is 0.385. The Morgan fingerprint density at radius 3 is 2.59 bits per heavy atom. The number of aromatic hydroxyl groups is 1. The molecular weight excluding hydrogens is 800 g/mol. The number of amides is 4. The molecule has 2 aromatic carbocycles. The molecular formula is C39H36BrClN4O8S. The molecule has 0 unspecified atom stereocenters. The molecule has 2 aromatic heterocycles. The van der Waals surface area contributed by atoms with Crippen LogP contribution in [-0.4, -0.2) is 68.1 Å². The van der Waals surface area contributed by atoms with E-state index in [4.69, 9.17) is 21.4 Å². The van der Waals surface area contributed by atoms with Crippen LogP contribution in [0.2, 0.25) is 5.02 Å². The second-order valence-corrected chi connectivity index (χ2v) is 17.1. The van der Waals surface area contributed by atoms with E-state index in [-0.39, 0.29) is 55.5 Å². The predicted molar refractivity (Wildman–Crippen MR) is 204 cm³/mol. The highest BCUT2D eigenvalue weighted by Crippen LogP contribution is 2.65. The largest absolute Gasteiger partial charge is 0.504 e. The molecule has 12 nitrogen and oxygen atoms in total. The van der Waals surface area contributed by atoms with Crippen LogP contribution in [0.3, 0.4) is 0 Å². The fourth-order valence-electron chi connectivity index (χ4n) is 9.44. The van der Waals surface area contributed by atoms with Gasteiger partial charge in [-0.2, -0.15) is 5.10 Å². The smallest absolute Gasteiger partial charge is 0.303 e. The number of methoxy groups -OCH3 is 1. The number of phenolic OH excluding ortho intramolecular Hbond substituents is 1. The van der Waals surface area contributed by atoms with Crippen LogP contribution in [0.25, 0.3) is 20.7 Å². The first-order valence-electron chi connectivity index (χ1n) is 17.6. The Morgan fingerprint density at radius 2 is 1.87 bits per heavy atom. The number of hydrogen-bond acceptors (Lipinski definition) is 9. The van der Waals surface area contributed by atoms with Crippen molar-refractivity contribution in [3.05, 3.63) is 68.7 Å². The number of carbonyl (C=O) groups excluding carboxylic acids is 4. The van der Waals surface area contributed by atoms with Gasteiger partial charge in [-0.25, -0.2) is 4.90 Å². The van der Waals surface area contributed by atoms with E-state index in [2.05, 4.69) is 15.9 Å². The van der Waals surface area contributed by atoms with E-state index in [1.165, 1.54) is 28.0 Å². The summed E-state index contributed by atoms with van der Waals surface area (Å²) in [6.45, 7) is 3.71. The standard InChI is InChI=1S/C39H36BrClN4O8S/c1-17-22-14-19(41)7-10-28(22)54-34(17)26-16-29(43(3)42-26)45-36(50)25-15-23-20(8-9-21-31(23)37(51)44(35(21)49)11-5-6-30(46)47)32(39(25,2)38(45)52)24-12-18(40)13-27(53-4)33(24)48/h7-8,10,12-14,16,21,23,25,31-32,48H,5-6,9,11,15H2,1-4H3,(H,46,47)/t21-,23+,25-,31-,32+,39+/m0/s1. The zero-order valence-electron chi connectivity index (χ0n) is 29.8. The summed E-state index contributed by atoms with van der Waals surface area (Å²) in [5.74, 6) is -6.38. The number of fused-ring (bicyclic) bond motifs is 5. The molecule has 0 radical (unpaired) electrons. The number of halogens is 2. The minimum Gasteiger partial charge on any atom is -0.504 e. The monoisotopic (exact) mass is 834 g/mol. The predicted octanol–water partition coefficient (Wildman–Crippen LogP) is 6.84. The maximum absolute atomic E-state index is 15.1. The van der Waals surface area contributed by atoms with Crippen LogP contribution in [0.15, 0.2) is 52.5 Å². The van der Waals surface area contributed by atoms with Crippen LogP contribution in [0, 0.1) is 36.0 Å². The summed E-state index contributed by atoms with van der Waals surface area (Å²) in [6, 6.07) is 10.7. The van der Waals surface area contributed by atoms with Crippen molar-refractivity contribution in [3.63, 3.8) is 0 Å². The molecule has 54 heavy (non-hydrogen) atoms. The number of carboxylic acids is 1. The number of thiophene rings is 1. The summed E-state index contributed by atoms with van der Waals surface area (Å²) >= 11 is 11.4. The molecule has 8 rings (SSSR count). The number of likely N-dealkylation sites (tertiary alicyclic amines) is 1. The second-order valence-electron chi connectivity index (χ2n) is 14.7. The second kappa shape index (κ2) is 13.1. The van der Waals surface area contributed by atoms with Gasteiger partial charge < -0.3 is 14.9 Å². The molecule has 2 saturated heterocycles. The van der Waals surface area contributed by atoms with Crippen LogP contribution >= 0.6 is 38.9 Å². The number of allylic oxidation sites excluding steroid dienone is 2. The lowest BCUT2D eigenvalue weighted by molar-refractivity contribution is -0.142. The summed E-state index contributed by atoms with van der Waals surface area (Å²) in [5, 5.41) is 27.2. The number of nitrogens with zero attached hydrogens (tertiary/aromatic N) is 4. The first kappa shape index (κ1) is 36.4. The lowest BCUT2D eigenvalue weighted by atomic mass is 9.51. The number of rotatable bonds is 8. The number of imide groups is 2. The summed E-state index contributed by atoms with van der Waals surface area (Å²) in [5.41, 5.74) is 1.20. The van der Waals surface area contributed by atoms with Gasteiger partial charge in [0.15, 0.2) is 11.5 Å². The maximum Gasteiger partial charge on any atom is 0.303 e. The number of ether oxygens (including phenoxy) is 1. The van der Waals surface area contributed by atoms with Gasteiger partial charge in [-0.05, 0) is 80.3 Å². The molecule has 280 valence electrons. The van der Waals surface area contributed by atoms with Gasteiger partial charge in [-0.15, -0.1) is 11.3 Å². The van der Waals surface area contributed by atoms with Gasteiger partial charge in [0.1, 0.15) is 11.5 Å². The summed E-state index contributed by atoms with van der Waals surface area (Å²) < 4.78 is 8.63. The number of aliphatic carboxylic acids is 1. The highest BCUT2D eigenvalue weighted by Gasteiger charge is 2.68. The third-order valence-electron chi connectivity index (χ3n) is 12.0. The number of aryl methyl sites for hydroxylation is 2. The molecule has 3 fully saturated rings. The zero-order valence-corrected chi connectivity index (χ0v) is 32.9. The quantitative estimate of drug-likeness (QED) is 0.143. The molecule has 4 aromatic rings. The topological polar surface area (TPSA) is 159 Å². The average molecular weight is 836 g/mol. The summed E-state index contributed by atoms with van der Waals surface area (Å²) in [6.07, 6.45) is 2.17. The van der Waals surface area contributed by atoms with Gasteiger partial charge >= 0.3 is 5.97 Å². The van der Waals surface area contributed by atoms with Crippen LogP contribution in [0.5, 0.6) is 11.5 Å². The Kier molecular flexibility index (Phi) is 8.81. The van der Waals surface area contributed by atoms with Gasteiger partial charge in [0, 0.05) is 51.8 Å². The Bertz CT molecular complexity index is 2370. The average Bonchev–Trinajstić information content (AvgIpc) is 3.79. The zero-order chi connectivity index (χ0) is 38.5. The number of carbonyl (C=O) groups is 5. The first-order chi connectivity index (χ1) is 25.7. The van der Waals surface area contributed by atoms with E-state index in [9.17, 15) is 29.4 Å². The Labute approximate surface area is 327 Å². The van der Waals surface area contributed by atoms with Crippen molar-refractivity contribution >= 4 is 84.4 Å². The molecule has 0 spiro atoms. The molecule has 0 bridgehead atoms. The SMILES string of the molecule is COc1cc(Br)cc([C@H]2C3=CC[C@@H]4C(=O)N(CCCC(=O)O)C(=O)[C@@H]4[C@@H]3C[C@H]3C(=O)N(c4cc(-c5sc6ccc(Cl)cc6c5C)nn4C)C(=O)[C@@]23C)c1O. The number of phenols is 1. The molecule has 6 atom stereocenters. The van der Waals surface area contributed by atoms with Crippen LogP contribution in [-0.2, 0) is 31.0 Å². The lowest BCUT2D eigenvalue weighted by Crippen LogP contribution is -2.49. The number of benzene rings is 2. The molecule has 2 aliphatic heterocycles. The van der Waals surface area contributed by atoms with Gasteiger partial charge in [0.25, 0.3) is 0 Å². The van der Waals surface area contributed by atoms with E-state index in [0.717, 1.165) is 25.4 Å². The van der Waals surface area contributed by atoms with Crippen molar-refractivity contribution in [1.82, 2.24) is 14.7 Å². The normalized spacial score (nSPS) is 26.3. The highest BCUT2D eigenvalue weighted by atomic mass is 79.9. The van der Waals surface area contributed by atoms with E-state index < -0.39 is 58.7 Å². The molecule has 1 saturated carbocycles. The van der Waals surface area contributed by atoms with Gasteiger partial charge in [-0.3, -0.25) is 33.6 Å². The summed E-state index contributed by atoms with van der Waals surface area (Å²) in [7, 11) is 3.10. The Balaban J connectivity index is 1.24. The van der Waals surface area contributed by atoms with Gasteiger partial charge in [0.05, 0.1) is 35.2 Å². The first-order valence-corrected chi connectivity index (χ1v) is 19.6. The van der Waals surface area contributed by atoms with E-state index in [1.54, 1.807) is 32.2 Å². The van der Waals surface area contributed by atoms with Gasteiger partial charge in [-0.1, -0.05) is 39.2 Å². The maximum atomic E-state index is 15.1. The van der Waals surface area contributed by atoms with Crippen molar-refractivity contribution in [3.8, 4) is 22.1 Å². The van der Waals surface area contributed by atoms with Crippen molar-refractivity contribution < 1.29 is 38.9 Å². The Hall–Kier alpha value is -4.53. The summed E-state index contributed by atoms with van der Waals surface area (Å²) in [4.78, 5) is 72.2. The number of hydrogen-bond donors (Lipinski definition) is 2. The van der Waals surface area contributed by atoms with Crippen LogP contribution in [0.1, 0.15) is 49.7 Å². The lowest BCUT2D eigenvalue weighted by Gasteiger charge is -2.49. The third-order valence-corrected chi connectivity index (χ3v) is 13.9. The molecule has 4 amide bonds. The van der Waals surface area contributed by atoms with Crippen LogP contribution < -0.4 is 9.64 Å². The molecule has 4 heterocycles. The number of carboxylic acid groups (broad SMARTS) is 1. The third kappa shape index (κ3) is 5.27. The van der Waals surface area contributed by atoms with Crippen molar-refractivity contribution in [2.75, 3.05) is 18.6 Å². The minimum absolute atomic E-state index is 0.0203. The molecule has 4 aliphatic rings. The molecule has 2 N–H and O–H groups in total. The van der Waals surface area contributed by atoms with E-state index in [0.29, 0.717) is 26.3 Å². The van der Waals surface area contributed by atoms with E-state index >= 15 is 4.79 Å². The molecule has 2 aliphatic carbocycles. The van der Waals surface area contributed by atoms with E-state index in [1.807, 2.05) is 31.2 Å². The van der Waals surface area contributed by atoms with Crippen molar-refractivity contribution in [2.24, 2.45) is 36.1 Å². The van der Waals surface area contributed by atoms with Crippen molar-refractivity contribution in [2.45, 2.75) is 45.4 Å². The number of anilines is 1. The van der Waals surface area contributed by atoms with Crippen molar-refractivity contribution in [1.29, 1.82) is 0 Å². The van der Waals surface area contributed by atoms with Gasteiger partial charge in [0.2, 0.25) is 23.6 Å². The Morgan fingerprint density at radius 1 is 1.11 bits per heavy atom. The highest BCUT2D eigenvalue weighted by molar-refractivity contribution is 9.10. The molecule has 15 heteroatoms. The minimum atomic E-state index is -1.42. The number of aromatic nitrogens is 2. The van der Waals surface area contributed by atoms with Crippen LogP contribution in [0.4, 0.5) is 5.82 Å². The fourth-order valence-corrected chi connectivity index (χ4v) is 11.2.